The minimum absolute atomic E-state index is 0.0129. The molecular weight excluding hydrogens is 264 g/mol. The third-order valence-corrected chi connectivity index (χ3v) is 4.66. The van der Waals surface area contributed by atoms with Crippen molar-refractivity contribution in [3.8, 4) is 11.5 Å². The maximum Gasteiger partial charge on any atom is 0.206 e. The van der Waals surface area contributed by atoms with Crippen LogP contribution in [0, 0.1) is 0 Å². The monoisotopic (exact) mass is 278 g/mol. The highest BCUT2D eigenvalue weighted by Gasteiger charge is 2.18. The van der Waals surface area contributed by atoms with Gasteiger partial charge in [-0.1, -0.05) is 6.92 Å². The van der Waals surface area contributed by atoms with E-state index >= 15 is 0 Å². The van der Waals surface area contributed by atoms with E-state index in [1.807, 2.05) is 6.92 Å². The molecule has 100 valence electrons. The lowest BCUT2D eigenvalue weighted by Gasteiger charge is -2.08. The summed E-state index contributed by atoms with van der Waals surface area (Å²) >= 11 is 0. The van der Waals surface area contributed by atoms with E-state index < -0.39 is 9.84 Å². The van der Waals surface area contributed by atoms with Crippen molar-refractivity contribution >= 4 is 9.84 Å². The van der Waals surface area contributed by atoms with E-state index in [2.05, 4.69) is 0 Å². The first kappa shape index (κ1) is 13.4. The third kappa shape index (κ3) is 2.56. The lowest BCUT2D eigenvalue weighted by atomic mass is 10.1. The number of hydrogen-bond donors (Lipinski definition) is 2. The molecule has 0 aliphatic heterocycles. The van der Waals surface area contributed by atoms with Crippen LogP contribution in [-0.2, 0) is 16.3 Å². The number of sulfone groups is 1. The predicted octanol–water partition coefficient (Wildman–Crippen LogP) is 2.49. The Morgan fingerprint density at radius 1 is 0.947 bits per heavy atom. The summed E-state index contributed by atoms with van der Waals surface area (Å²) in [5.74, 6) is 0.103. The van der Waals surface area contributed by atoms with E-state index in [1.165, 1.54) is 42.5 Å². The van der Waals surface area contributed by atoms with Crippen LogP contribution in [0.2, 0.25) is 0 Å². The van der Waals surface area contributed by atoms with E-state index in [0.29, 0.717) is 12.0 Å². The zero-order chi connectivity index (χ0) is 14.0. The highest BCUT2D eigenvalue weighted by Crippen LogP contribution is 2.27. The van der Waals surface area contributed by atoms with E-state index in [0.717, 1.165) is 0 Å². The van der Waals surface area contributed by atoms with Gasteiger partial charge in [-0.05, 0) is 54.4 Å². The Morgan fingerprint density at radius 2 is 1.53 bits per heavy atom. The van der Waals surface area contributed by atoms with Crippen molar-refractivity contribution < 1.29 is 18.6 Å². The molecule has 4 nitrogen and oxygen atoms in total. The molecule has 0 unspecified atom stereocenters. The summed E-state index contributed by atoms with van der Waals surface area (Å²) in [6, 6.07) is 9.58. The maximum atomic E-state index is 12.4. The molecule has 0 aromatic heterocycles. The molecular formula is C14H14O4S. The topological polar surface area (TPSA) is 74.6 Å². The molecule has 0 saturated carbocycles. The Balaban J connectivity index is 2.53. The van der Waals surface area contributed by atoms with Crippen LogP contribution in [0.25, 0.3) is 0 Å². The summed E-state index contributed by atoms with van der Waals surface area (Å²) in [6.07, 6.45) is 0.546. The van der Waals surface area contributed by atoms with Crippen LogP contribution >= 0.6 is 0 Å². The van der Waals surface area contributed by atoms with Crippen molar-refractivity contribution in [2.24, 2.45) is 0 Å². The molecule has 0 radical (unpaired) electrons. The minimum Gasteiger partial charge on any atom is -0.508 e. The summed E-state index contributed by atoms with van der Waals surface area (Å²) in [7, 11) is -3.63. The van der Waals surface area contributed by atoms with Crippen LogP contribution in [0.5, 0.6) is 11.5 Å². The zero-order valence-corrected chi connectivity index (χ0v) is 11.2. The average molecular weight is 278 g/mol. The fourth-order valence-corrected chi connectivity index (χ4v) is 3.08. The molecule has 2 rings (SSSR count). The average Bonchev–Trinajstić information content (AvgIpc) is 2.39. The molecule has 0 spiro atoms. The fraction of sp³-hybridized carbons (Fsp3) is 0.143. The first-order valence-electron chi connectivity index (χ1n) is 5.81. The van der Waals surface area contributed by atoms with Gasteiger partial charge in [-0.2, -0.15) is 0 Å². The third-order valence-electron chi connectivity index (χ3n) is 2.89. The molecule has 0 fully saturated rings. The molecule has 0 aliphatic rings. The van der Waals surface area contributed by atoms with Gasteiger partial charge in [0.2, 0.25) is 9.84 Å². The Bertz CT molecular complexity index is 688. The molecule has 0 aliphatic carbocycles. The number of phenols is 2. The van der Waals surface area contributed by atoms with Crippen molar-refractivity contribution in [2.45, 2.75) is 23.1 Å². The summed E-state index contributed by atoms with van der Waals surface area (Å²) < 4.78 is 24.7. The van der Waals surface area contributed by atoms with E-state index in [-0.39, 0.29) is 21.3 Å². The Labute approximate surface area is 111 Å². The van der Waals surface area contributed by atoms with Gasteiger partial charge >= 0.3 is 0 Å². The standard InChI is InChI=1S/C14H14O4S/c1-2-10-9-13(7-8-14(10)16)19(17,18)12-5-3-11(15)4-6-12/h3-9,15-16H,2H2,1H3. The lowest BCUT2D eigenvalue weighted by Crippen LogP contribution is -2.02. The quantitative estimate of drug-likeness (QED) is 0.904. The van der Waals surface area contributed by atoms with Gasteiger partial charge in [-0.25, -0.2) is 8.42 Å². The fourth-order valence-electron chi connectivity index (χ4n) is 1.77. The molecule has 0 saturated heterocycles. The van der Waals surface area contributed by atoms with Gasteiger partial charge in [-0.15, -0.1) is 0 Å². The van der Waals surface area contributed by atoms with Crippen LogP contribution in [0.1, 0.15) is 12.5 Å². The summed E-state index contributed by atoms with van der Waals surface area (Å²) in [5, 5.41) is 18.8. The Morgan fingerprint density at radius 3 is 2.11 bits per heavy atom. The van der Waals surface area contributed by atoms with Gasteiger partial charge in [0, 0.05) is 0 Å². The Kier molecular flexibility index (Phi) is 3.48. The van der Waals surface area contributed by atoms with Gasteiger partial charge in [0.05, 0.1) is 9.79 Å². The van der Waals surface area contributed by atoms with Gasteiger partial charge in [0.15, 0.2) is 0 Å². The second kappa shape index (κ2) is 4.93. The summed E-state index contributed by atoms with van der Waals surface area (Å²) in [6.45, 7) is 1.84. The van der Waals surface area contributed by atoms with Crippen molar-refractivity contribution in [1.29, 1.82) is 0 Å². The van der Waals surface area contributed by atoms with Crippen LogP contribution < -0.4 is 0 Å². The molecule has 0 amide bonds. The van der Waals surface area contributed by atoms with Crippen molar-refractivity contribution in [3.05, 3.63) is 48.0 Å². The number of aryl methyl sites for hydroxylation is 1. The van der Waals surface area contributed by atoms with E-state index in [4.69, 9.17) is 0 Å². The van der Waals surface area contributed by atoms with Gasteiger partial charge in [0.25, 0.3) is 0 Å². The normalized spacial score (nSPS) is 11.4. The largest absolute Gasteiger partial charge is 0.508 e. The van der Waals surface area contributed by atoms with Gasteiger partial charge < -0.3 is 10.2 Å². The second-order valence-corrected chi connectivity index (χ2v) is 6.09. The Hall–Kier alpha value is -2.01. The van der Waals surface area contributed by atoms with Crippen LogP contribution in [-0.4, -0.2) is 18.6 Å². The minimum atomic E-state index is -3.63. The van der Waals surface area contributed by atoms with Crippen LogP contribution in [0.4, 0.5) is 0 Å². The highest BCUT2D eigenvalue weighted by atomic mass is 32.2. The summed E-state index contributed by atoms with van der Waals surface area (Å²) in [4.78, 5) is 0.242. The molecule has 2 N–H and O–H groups in total. The number of rotatable bonds is 3. The van der Waals surface area contributed by atoms with Crippen molar-refractivity contribution in [2.75, 3.05) is 0 Å². The number of benzene rings is 2. The molecule has 2 aromatic carbocycles. The van der Waals surface area contributed by atoms with E-state index in [1.54, 1.807) is 0 Å². The molecule has 5 heteroatoms. The van der Waals surface area contributed by atoms with Crippen molar-refractivity contribution in [3.63, 3.8) is 0 Å². The number of phenolic OH excluding ortho intramolecular Hbond substituents is 2. The smallest absolute Gasteiger partial charge is 0.206 e. The molecule has 2 aromatic rings. The van der Waals surface area contributed by atoms with Crippen LogP contribution in [0.3, 0.4) is 0 Å². The first-order chi connectivity index (χ1) is 8.95. The molecule has 0 atom stereocenters. The molecule has 0 heterocycles. The highest BCUT2D eigenvalue weighted by molar-refractivity contribution is 7.91. The first-order valence-corrected chi connectivity index (χ1v) is 7.29. The van der Waals surface area contributed by atoms with Crippen molar-refractivity contribution in [1.82, 2.24) is 0 Å². The van der Waals surface area contributed by atoms with Gasteiger partial charge in [0.1, 0.15) is 11.5 Å². The predicted molar refractivity (Wildman–Crippen MR) is 71.0 cm³/mol. The number of aromatic hydroxyl groups is 2. The lowest BCUT2D eigenvalue weighted by molar-refractivity contribution is 0.468. The second-order valence-electron chi connectivity index (χ2n) is 4.14. The maximum absolute atomic E-state index is 12.4. The summed E-state index contributed by atoms with van der Waals surface area (Å²) in [5.41, 5.74) is 0.583. The van der Waals surface area contributed by atoms with Gasteiger partial charge in [-0.3, -0.25) is 0 Å². The molecule has 0 bridgehead atoms. The van der Waals surface area contributed by atoms with Crippen LogP contribution in [0.15, 0.2) is 52.3 Å². The zero-order valence-electron chi connectivity index (χ0n) is 10.4. The van der Waals surface area contributed by atoms with E-state index in [9.17, 15) is 18.6 Å². The SMILES string of the molecule is CCc1cc(S(=O)(=O)c2ccc(O)cc2)ccc1O. The molecule has 19 heavy (non-hydrogen) atoms. The number of hydrogen-bond acceptors (Lipinski definition) is 4.